The number of nitrogens with zero attached hydrogens (tertiary/aromatic N) is 1. The number of hydrogen-bond donors (Lipinski definition) is 1. The average Bonchev–Trinajstić information content (AvgIpc) is 3.03. The highest BCUT2D eigenvalue weighted by molar-refractivity contribution is 7.18. The second-order valence-corrected chi connectivity index (χ2v) is 7.12. The molecule has 1 aromatic heterocycles. The molecule has 0 saturated carbocycles. The number of nitrogens with one attached hydrogen (secondary N) is 1. The molecule has 0 bridgehead atoms. The molecule has 1 amide bonds. The molecule has 27 heavy (non-hydrogen) atoms. The van der Waals surface area contributed by atoms with Gasteiger partial charge in [-0.15, -0.1) is 11.3 Å². The highest BCUT2D eigenvalue weighted by Gasteiger charge is 2.14. The lowest BCUT2D eigenvalue weighted by atomic mass is 10.2. The summed E-state index contributed by atoms with van der Waals surface area (Å²) < 4.78 is 26.2. The van der Waals surface area contributed by atoms with Gasteiger partial charge in [-0.25, -0.2) is 9.37 Å². The minimum Gasteiger partial charge on any atom is -0.490 e. The predicted octanol–water partition coefficient (Wildman–Crippen LogP) is 4.80. The fourth-order valence-corrected chi connectivity index (χ4v) is 3.45. The van der Waals surface area contributed by atoms with Gasteiger partial charge < -0.3 is 14.8 Å². The molecular formula is C20H21FN2O3S. The summed E-state index contributed by atoms with van der Waals surface area (Å²) >= 11 is 1.51. The van der Waals surface area contributed by atoms with E-state index >= 15 is 0 Å². The van der Waals surface area contributed by atoms with Gasteiger partial charge in [-0.1, -0.05) is 6.07 Å². The van der Waals surface area contributed by atoms with Crippen molar-refractivity contribution < 1.29 is 18.7 Å². The van der Waals surface area contributed by atoms with Crippen LogP contribution >= 0.6 is 11.3 Å². The first-order chi connectivity index (χ1) is 13.1. The van der Waals surface area contributed by atoms with Crippen LogP contribution in [0.4, 0.5) is 10.1 Å². The van der Waals surface area contributed by atoms with E-state index < -0.39 is 5.82 Å². The molecular weight excluding hydrogens is 367 g/mol. The maximum absolute atomic E-state index is 14.6. The van der Waals surface area contributed by atoms with Crippen molar-refractivity contribution >= 4 is 33.1 Å². The lowest BCUT2D eigenvalue weighted by molar-refractivity contribution is 0.102. The van der Waals surface area contributed by atoms with Crippen molar-refractivity contribution in [3.8, 4) is 5.75 Å². The van der Waals surface area contributed by atoms with E-state index in [1.807, 2.05) is 13.8 Å². The van der Waals surface area contributed by atoms with Crippen molar-refractivity contribution in [2.75, 3.05) is 25.1 Å². The van der Waals surface area contributed by atoms with Gasteiger partial charge in [0.25, 0.3) is 5.91 Å². The van der Waals surface area contributed by atoms with Gasteiger partial charge in [0.1, 0.15) is 0 Å². The molecule has 7 heteroatoms. The van der Waals surface area contributed by atoms with Gasteiger partial charge in [0.15, 0.2) is 11.6 Å². The molecule has 0 saturated heterocycles. The first-order valence-corrected chi connectivity index (χ1v) is 9.57. The third kappa shape index (κ3) is 4.81. The van der Waals surface area contributed by atoms with Gasteiger partial charge in [-0.3, -0.25) is 4.79 Å². The highest BCUT2D eigenvalue weighted by Crippen LogP contribution is 2.26. The molecule has 0 fully saturated rings. The monoisotopic (exact) mass is 388 g/mol. The molecule has 2 aromatic carbocycles. The predicted molar refractivity (Wildman–Crippen MR) is 105 cm³/mol. The number of amides is 1. The van der Waals surface area contributed by atoms with E-state index in [1.165, 1.54) is 23.5 Å². The molecule has 0 aliphatic heterocycles. The van der Waals surface area contributed by atoms with E-state index in [-0.39, 0.29) is 17.3 Å². The van der Waals surface area contributed by atoms with Crippen molar-refractivity contribution in [3.05, 3.63) is 52.8 Å². The third-order valence-electron chi connectivity index (χ3n) is 3.86. The SMILES string of the molecule is CCOCCCOc1cccc(NC(=O)c2ccc3nc(C)sc3c2)c1F. The number of carbonyl (C=O) groups is 1. The van der Waals surface area contributed by atoms with Crippen molar-refractivity contribution in [3.63, 3.8) is 0 Å². The highest BCUT2D eigenvalue weighted by atomic mass is 32.1. The van der Waals surface area contributed by atoms with Crippen LogP contribution in [0.1, 0.15) is 28.7 Å². The number of aromatic nitrogens is 1. The Kier molecular flexibility index (Phi) is 6.36. The van der Waals surface area contributed by atoms with Crippen molar-refractivity contribution in [2.24, 2.45) is 0 Å². The number of rotatable bonds is 8. The van der Waals surface area contributed by atoms with Crippen LogP contribution in [0.15, 0.2) is 36.4 Å². The van der Waals surface area contributed by atoms with Gasteiger partial charge >= 0.3 is 0 Å². The van der Waals surface area contributed by atoms with Crippen LogP contribution < -0.4 is 10.1 Å². The number of anilines is 1. The summed E-state index contributed by atoms with van der Waals surface area (Å²) in [6, 6.07) is 9.94. The summed E-state index contributed by atoms with van der Waals surface area (Å²) in [5, 5.41) is 3.55. The molecule has 0 aliphatic rings. The first-order valence-electron chi connectivity index (χ1n) is 8.76. The zero-order chi connectivity index (χ0) is 19.2. The molecule has 5 nitrogen and oxygen atoms in total. The summed E-state index contributed by atoms with van der Waals surface area (Å²) in [5.41, 5.74) is 1.39. The van der Waals surface area contributed by atoms with Crippen LogP contribution in [0.5, 0.6) is 5.75 Å². The number of aryl methyl sites for hydroxylation is 1. The van der Waals surface area contributed by atoms with Crippen LogP contribution in [0.3, 0.4) is 0 Å². The molecule has 1 heterocycles. The smallest absolute Gasteiger partial charge is 0.255 e. The third-order valence-corrected chi connectivity index (χ3v) is 4.80. The summed E-state index contributed by atoms with van der Waals surface area (Å²) in [4.78, 5) is 16.9. The first kappa shape index (κ1) is 19.3. The van der Waals surface area contributed by atoms with E-state index in [0.717, 1.165) is 15.2 Å². The number of benzene rings is 2. The second-order valence-electron chi connectivity index (χ2n) is 5.89. The lowest BCUT2D eigenvalue weighted by Crippen LogP contribution is -2.13. The minimum atomic E-state index is -0.586. The maximum Gasteiger partial charge on any atom is 0.255 e. The summed E-state index contributed by atoms with van der Waals surface area (Å²) in [7, 11) is 0. The fourth-order valence-electron chi connectivity index (χ4n) is 2.58. The largest absolute Gasteiger partial charge is 0.490 e. The molecule has 0 spiro atoms. The van der Waals surface area contributed by atoms with Gasteiger partial charge in [0, 0.05) is 25.2 Å². The van der Waals surface area contributed by atoms with E-state index in [1.54, 1.807) is 24.3 Å². The van der Waals surface area contributed by atoms with E-state index in [4.69, 9.17) is 9.47 Å². The number of carbonyl (C=O) groups excluding carboxylic acids is 1. The number of hydrogen-bond acceptors (Lipinski definition) is 5. The Morgan fingerprint density at radius 1 is 1.26 bits per heavy atom. The normalized spacial score (nSPS) is 10.9. The van der Waals surface area contributed by atoms with E-state index in [2.05, 4.69) is 10.3 Å². The van der Waals surface area contributed by atoms with Gasteiger partial charge in [0.05, 0.1) is 27.5 Å². The maximum atomic E-state index is 14.6. The molecule has 3 rings (SSSR count). The van der Waals surface area contributed by atoms with Crippen LogP contribution in [0.2, 0.25) is 0 Å². The average molecular weight is 388 g/mol. The molecule has 3 aromatic rings. The van der Waals surface area contributed by atoms with E-state index in [0.29, 0.717) is 31.8 Å². The Balaban J connectivity index is 1.68. The standard InChI is InChI=1S/C20H21FN2O3S/c1-3-25-10-5-11-26-17-7-4-6-16(19(17)21)23-20(24)14-8-9-15-18(12-14)27-13(2)22-15/h4,6-9,12H,3,5,10-11H2,1-2H3,(H,23,24). The molecule has 0 atom stereocenters. The Hall–Kier alpha value is -2.51. The Morgan fingerprint density at radius 2 is 2.11 bits per heavy atom. The van der Waals surface area contributed by atoms with Crippen LogP contribution in [-0.2, 0) is 4.74 Å². The topological polar surface area (TPSA) is 60.5 Å². The Bertz CT molecular complexity index is 942. The summed E-state index contributed by atoms with van der Waals surface area (Å²) in [6.45, 7) is 5.38. The van der Waals surface area contributed by atoms with Gasteiger partial charge in [-0.05, 0) is 44.2 Å². The zero-order valence-electron chi connectivity index (χ0n) is 15.3. The minimum absolute atomic E-state index is 0.0860. The molecule has 0 unspecified atom stereocenters. The van der Waals surface area contributed by atoms with Crippen LogP contribution in [0, 0.1) is 12.7 Å². The van der Waals surface area contributed by atoms with E-state index in [9.17, 15) is 9.18 Å². The number of ether oxygens (including phenoxy) is 2. The Labute approximate surface area is 161 Å². The van der Waals surface area contributed by atoms with Crippen molar-refractivity contribution in [1.29, 1.82) is 0 Å². The fraction of sp³-hybridized carbons (Fsp3) is 0.300. The van der Waals surface area contributed by atoms with Gasteiger partial charge in [0.2, 0.25) is 0 Å². The number of thiazole rings is 1. The molecule has 0 radical (unpaired) electrons. The van der Waals surface area contributed by atoms with Gasteiger partial charge in [-0.2, -0.15) is 0 Å². The Morgan fingerprint density at radius 3 is 2.93 bits per heavy atom. The van der Waals surface area contributed by atoms with Crippen molar-refractivity contribution in [1.82, 2.24) is 4.98 Å². The van der Waals surface area contributed by atoms with Crippen molar-refractivity contribution in [2.45, 2.75) is 20.3 Å². The number of halogens is 1. The number of fused-ring (bicyclic) bond motifs is 1. The molecule has 0 aliphatic carbocycles. The second kappa shape index (κ2) is 8.92. The summed E-state index contributed by atoms with van der Waals surface area (Å²) in [5.74, 6) is -0.856. The van der Waals surface area contributed by atoms with Crippen LogP contribution in [-0.4, -0.2) is 30.7 Å². The molecule has 142 valence electrons. The molecule has 1 N–H and O–H groups in total. The summed E-state index contributed by atoms with van der Waals surface area (Å²) in [6.07, 6.45) is 0.665. The lowest BCUT2D eigenvalue weighted by Gasteiger charge is -2.11. The zero-order valence-corrected chi connectivity index (χ0v) is 16.1. The quantitative estimate of drug-likeness (QED) is 0.563. The van der Waals surface area contributed by atoms with Crippen LogP contribution in [0.25, 0.3) is 10.2 Å².